The SMILES string of the molecule is O=S(=O)([O-])c1ccccc1-c1c2ccc(=[N+]3CCc4ccccc43)cc-2oc2c1C=CC(N1CCc3ccccc31)C2. The lowest BCUT2D eigenvalue weighted by atomic mass is 9.87. The van der Waals surface area contributed by atoms with E-state index in [9.17, 15) is 13.0 Å². The maximum atomic E-state index is 12.4. The van der Waals surface area contributed by atoms with Gasteiger partial charge in [0.2, 0.25) is 11.0 Å². The van der Waals surface area contributed by atoms with Crippen LogP contribution in [-0.4, -0.2) is 32.1 Å². The van der Waals surface area contributed by atoms with Crippen LogP contribution in [0.4, 0.5) is 11.4 Å². The highest BCUT2D eigenvalue weighted by Gasteiger charge is 2.32. The first-order valence-electron chi connectivity index (χ1n) is 14.3. The van der Waals surface area contributed by atoms with Gasteiger partial charge in [0.1, 0.15) is 21.6 Å². The van der Waals surface area contributed by atoms with Crippen LogP contribution in [0.1, 0.15) is 22.5 Å². The summed E-state index contributed by atoms with van der Waals surface area (Å²) in [5.41, 5.74) is 7.80. The van der Waals surface area contributed by atoms with Crippen LogP contribution in [0.5, 0.6) is 0 Å². The first kappa shape index (κ1) is 25.3. The van der Waals surface area contributed by atoms with Crippen molar-refractivity contribution in [3.63, 3.8) is 0 Å². The molecule has 0 amide bonds. The van der Waals surface area contributed by atoms with Gasteiger partial charge in [-0.2, -0.15) is 4.58 Å². The molecule has 2 aliphatic carbocycles. The Morgan fingerprint density at radius 1 is 0.857 bits per heavy atom. The number of benzene rings is 4. The van der Waals surface area contributed by atoms with Gasteiger partial charge < -0.3 is 13.9 Å². The van der Waals surface area contributed by atoms with E-state index < -0.39 is 10.1 Å². The van der Waals surface area contributed by atoms with Gasteiger partial charge in [-0.15, -0.1) is 0 Å². The van der Waals surface area contributed by atoms with E-state index in [1.54, 1.807) is 18.2 Å². The molecule has 7 heteroatoms. The van der Waals surface area contributed by atoms with Crippen LogP contribution in [0, 0.1) is 0 Å². The van der Waals surface area contributed by atoms with Gasteiger partial charge in [0, 0.05) is 65.0 Å². The first-order valence-corrected chi connectivity index (χ1v) is 15.7. The van der Waals surface area contributed by atoms with Gasteiger partial charge in [-0.3, -0.25) is 0 Å². The van der Waals surface area contributed by atoms with Crippen molar-refractivity contribution in [1.29, 1.82) is 0 Å². The summed E-state index contributed by atoms with van der Waals surface area (Å²) in [6, 6.07) is 29.6. The molecule has 0 saturated carbocycles. The number of anilines is 1. The minimum atomic E-state index is -4.71. The van der Waals surface area contributed by atoms with Crippen LogP contribution in [-0.2, 0) is 29.4 Å². The van der Waals surface area contributed by atoms with Crippen molar-refractivity contribution < 1.29 is 17.4 Å². The van der Waals surface area contributed by atoms with Crippen LogP contribution in [0.25, 0.3) is 28.5 Å². The number of nitrogens with zero attached hydrogens (tertiary/aromatic N) is 2. The number of para-hydroxylation sites is 2. The number of hydrogen-bond donors (Lipinski definition) is 0. The Hall–Kier alpha value is -4.46. The Kier molecular flexibility index (Phi) is 5.74. The predicted molar refractivity (Wildman–Crippen MR) is 163 cm³/mol. The summed E-state index contributed by atoms with van der Waals surface area (Å²) in [7, 11) is -4.71. The fourth-order valence-corrected chi connectivity index (χ4v) is 7.63. The first-order chi connectivity index (χ1) is 20.5. The summed E-state index contributed by atoms with van der Waals surface area (Å²) in [6.45, 7) is 1.80. The maximum absolute atomic E-state index is 12.4. The number of hydrogen-bond acceptors (Lipinski definition) is 5. The quantitative estimate of drug-likeness (QED) is 0.207. The van der Waals surface area contributed by atoms with E-state index in [-0.39, 0.29) is 10.9 Å². The molecule has 3 aromatic rings. The highest BCUT2D eigenvalue weighted by Crippen LogP contribution is 2.44. The van der Waals surface area contributed by atoms with E-state index in [0.29, 0.717) is 23.3 Å². The van der Waals surface area contributed by atoms with Crippen LogP contribution in [0.15, 0.2) is 106 Å². The lowest BCUT2D eigenvalue weighted by Crippen LogP contribution is -2.35. The highest BCUT2D eigenvalue weighted by atomic mass is 32.2. The van der Waals surface area contributed by atoms with Gasteiger partial charge >= 0.3 is 0 Å². The van der Waals surface area contributed by atoms with Crippen molar-refractivity contribution >= 4 is 27.6 Å². The molecular formula is C35H28N2O4S. The molecule has 3 heterocycles. The number of fused-ring (bicyclic) bond motifs is 4. The Labute approximate surface area is 244 Å². The van der Waals surface area contributed by atoms with Gasteiger partial charge in [0.05, 0.1) is 17.0 Å². The standard InChI is InChI=1S/C35H28N2O4S/c38-42(39,40)34-12-6-3-9-29(34)35-27-15-13-25(36-19-17-23-7-1-4-10-30(23)36)21-32(27)41-33-22-26(14-16-28(33)35)37-20-18-24-8-2-5-11-31(24)37/h1-16,21,26H,17-20,22H2. The van der Waals surface area contributed by atoms with Gasteiger partial charge in [-0.25, -0.2) is 8.42 Å². The molecule has 0 bridgehead atoms. The summed E-state index contributed by atoms with van der Waals surface area (Å²) in [5.74, 6) is 1.45. The third kappa shape index (κ3) is 4.03. The molecule has 5 aliphatic rings. The minimum absolute atomic E-state index is 0.0994. The van der Waals surface area contributed by atoms with Crippen molar-refractivity contribution in [1.82, 2.24) is 4.58 Å². The zero-order valence-electron chi connectivity index (χ0n) is 22.9. The third-order valence-electron chi connectivity index (χ3n) is 8.87. The molecule has 0 fully saturated rings. The molecule has 6 nitrogen and oxygen atoms in total. The van der Waals surface area contributed by atoms with E-state index in [4.69, 9.17) is 4.42 Å². The average molecular weight is 573 g/mol. The lowest BCUT2D eigenvalue weighted by molar-refractivity contribution is 0.463. The topological polar surface area (TPSA) is 76.6 Å². The fraction of sp³-hybridized carbons (Fsp3) is 0.171. The third-order valence-corrected chi connectivity index (χ3v) is 9.76. The van der Waals surface area contributed by atoms with Crippen molar-refractivity contribution in [2.24, 2.45) is 0 Å². The normalized spacial score (nSPS) is 18.7. The van der Waals surface area contributed by atoms with Crippen LogP contribution in [0.2, 0.25) is 0 Å². The number of rotatable bonds is 3. The van der Waals surface area contributed by atoms with Crippen LogP contribution >= 0.6 is 0 Å². The lowest BCUT2D eigenvalue weighted by Gasteiger charge is -2.32. The molecule has 0 aromatic heterocycles. The van der Waals surface area contributed by atoms with Crippen LogP contribution < -0.4 is 14.8 Å². The van der Waals surface area contributed by atoms with E-state index >= 15 is 0 Å². The Morgan fingerprint density at radius 3 is 2.52 bits per heavy atom. The van der Waals surface area contributed by atoms with Crippen molar-refractivity contribution in [2.75, 3.05) is 18.0 Å². The summed E-state index contributed by atoms with van der Waals surface area (Å²) in [5, 5.41) is 1.02. The second-order valence-electron chi connectivity index (χ2n) is 11.2. The summed E-state index contributed by atoms with van der Waals surface area (Å²) >= 11 is 0. The zero-order valence-corrected chi connectivity index (χ0v) is 23.7. The van der Waals surface area contributed by atoms with Gasteiger partial charge in [0.15, 0.2) is 6.54 Å². The predicted octanol–water partition coefficient (Wildman–Crippen LogP) is 5.62. The summed E-state index contributed by atoms with van der Waals surface area (Å²) in [6.07, 6.45) is 6.83. The monoisotopic (exact) mass is 572 g/mol. The summed E-state index contributed by atoms with van der Waals surface area (Å²) in [4.78, 5) is 2.20. The Balaban J connectivity index is 1.35. The van der Waals surface area contributed by atoms with Gasteiger partial charge in [-0.1, -0.05) is 66.7 Å². The molecule has 1 unspecified atom stereocenters. The molecule has 3 aliphatic heterocycles. The van der Waals surface area contributed by atoms with E-state index in [0.717, 1.165) is 48.2 Å². The van der Waals surface area contributed by atoms with E-state index in [2.05, 4.69) is 70.1 Å². The molecule has 0 N–H and O–H groups in total. The maximum Gasteiger partial charge on any atom is 0.209 e. The van der Waals surface area contributed by atoms with Crippen molar-refractivity contribution in [3.05, 3.63) is 125 Å². The highest BCUT2D eigenvalue weighted by molar-refractivity contribution is 7.85. The smallest absolute Gasteiger partial charge is 0.209 e. The molecule has 3 aromatic carbocycles. The summed E-state index contributed by atoms with van der Waals surface area (Å²) < 4.78 is 46.2. The zero-order chi connectivity index (χ0) is 28.4. The Morgan fingerprint density at radius 2 is 1.64 bits per heavy atom. The average Bonchev–Trinajstić information content (AvgIpc) is 3.64. The van der Waals surface area contributed by atoms with E-state index in [1.807, 2.05) is 18.2 Å². The minimum Gasteiger partial charge on any atom is -0.744 e. The molecule has 208 valence electrons. The molecular weight excluding hydrogens is 544 g/mol. The van der Waals surface area contributed by atoms with Gasteiger partial charge in [0.25, 0.3) is 0 Å². The molecule has 1 atom stereocenters. The molecule has 42 heavy (non-hydrogen) atoms. The fourth-order valence-electron chi connectivity index (χ4n) is 6.95. The second kappa shape index (κ2) is 9.54. The molecule has 0 saturated heterocycles. The largest absolute Gasteiger partial charge is 0.744 e. The van der Waals surface area contributed by atoms with E-state index in [1.165, 1.54) is 28.6 Å². The van der Waals surface area contributed by atoms with Gasteiger partial charge in [-0.05, 0) is 30.2 Å². The molecule has 8 rings (SSSR count). The molecule has 0 radical (unpaired) electrons. The Bertz CT molecular complexity index is 2080. The van der Waals surface area contributed by atoms with Crippen molar-refractivity contribution in [3.8, 4) is 22.5 Å². The van der Waals surface area contributed by atoms with Crippen molar-refractivity contribution in [2.45, 2.75) is 30.2 Å². The van der Waals surface area contributed by atoms with Crippen LogP contribution in [0.3, 0.4) is 0 Å². The molecule has 0 spiro atoms. The second-order valence-corrected chi connectivity index (χ2v) is 12.5.